The zero-order valence-corrected chi connectivity index (χ0v) is 17.1. The normalized spacial score (nSPS) is 17.0. The van der Waals surface area contributed by atoms with Crippen molar-refractivity contribution in [1.82, 2.24) is 25.0 Å². The van der Waals surface area contributed by atoms with Crippen molar-refractivity contribution in [3.63, 3.8) is 0 Å². The first-order chi connectivity index (χ1) is 14.2. The molecule has 29 heavy (non-hydrogen) atoms. The number of nitrogens with one attached hydrogen (secondary N) is 1. The minimum absolute atomic E-state index is 0.539. The van der Waals surface area contributed by atoms with Crippen molar-refractivity contribution in [2.75, 3.05) is 13.1 Å². The molecule has 6 heteroatoms. The van der Waals surface area contributed by atoms with Crippen LogP contribution < -0.4 is 5.32 Å². The van der Waals surface area contributed by atoms with Gasteiger partial charge in [0.25, 0.3) is 0 Å². The molecule has 0 spiro atoms. The lowest BCUT2D eigenvalue weighted by atomic mass is 9.99. The quantitative estimate of drug-likeness (QED) is 0.538. The Hall–Kier alpha value is -3.15. The van der Waals surface area contributed by atoms with Gasteiger partial charge in [-0.1, -0.05) is 60.7 Å². The van der Waals surface area contributed by atoms with Gasteiger partial charge in [-0.05, 0) is 24.5 Å². The molecule has 1 unspecified atom stereocenters. The number of rotatable bonds is 5. The number of aliphatic imine (C=N–C) groups is 1. The van der Waals surface area contributed by atoms with Gasteiger partial charge in [0.2, 0.25) is 0 Å². The third-order valence-electron chi connectivity index (χ3n) is 5.60. The number of hydrogen-bond acceptors (Lipinski definition) is 3. The molecule has 0 bridgehead atoms. The van der Waals surface area contributed by atoms with E-state index in [-0.39, 0.29) is 0 Å². The Morgan fingerprint density at radius 1 is 1.07 bits per heavy atom. The van der Waals surface area contributed by atoms with E-state index in [2.05, 4.69) is 75.0 Å². The van der Waals surface area contributed by atoms with Gasteiger partial charge in [0.1, 0.15) is 5.82 Å². The number of aryl methyl sites for hydroxylation is 1. The molecule has 6 nitrogen and oxygen atoms in total. The highest BCUT2D eigenvalue weighted by Gasteiger charge is 2.26. The summed E-state index contributed by atoms with van der Waals surface area (Å²) < 4.78 is 2.01. The van der Waals surface area contributed by atoms with E-state index in [1.807, 2.05) is 24.6 Å². The maximum atomic E-state index is 4.93. The second-order valence-electron chi connectivity index (χ2n) is 7.54. The zero-order chi connectivity index (χ0) is 20.1. The molecule has 150 valence electrons. The first-order valence-electron chi connectivity index (χ1n) is 10.2. The molecule has 4 rings (SSSR count). The highest BCUT2D eigenvalue weighted by Crippen LogP contribution is 2.27. The van der Waals surface area contributed by atoms with Gasteiger partial charge in [-0.2, -0.15) is 0 Å². The molecule has 0 radical (unpaired) electrons. The molecule has 2 aromatic carbocycles. The second-order valence-corrected chi connectivity index (χ2v) is 7.54. The molecule has 3 aromatic rings. The van der Waals surface area contributed by atoms with E-state index in [0.29, 0.717) is 19.0 Å². The number of benzene rings is 2. The van der Waals surface area contributed by atoms with Gasteiger partial charge in [0.05, 0.1) is 13.1 Å². The van der Waals surface area contributed by atoms with Crippen LogP contribution in [0.1, 0.15) is 35.1 Å². The predicted molar refractivity (Wildman–Crippen MR) is 116 cm³/mol. The van der Waals surface area contributed by atoms with Crippen LogP contribution >= 0.6 is 0 Å². The number of guanidine groups is 1. The summed E-state index contributed by atoms with van der Waals surface area (Å²) in [5, 5.41) is 12.0. The Labute approximate surface area is 172 Å². The number of aromatic nitrogens is 3. The summed E-state index contributed by atoms with van der Waals surface area (Å²) in [6.45, 7) is 5.21. The van der Waals surface area contributed by atoms with E-state index in [0.717, 1.165) is 37.1 Å². The summed E-state index contributed by atoms with van der Waals surface area (Å²) in [7, 11) is 1.99. The molecule has 2 heterocycles. The number of nitrogens with zero attached hydrogens (tertiary/aromatic N) is 5. The fourth-order valence-corrected chi connectivity index (χ4v) is 3.73. The van der Waals surface area contributed by atoms with Crippen molar-refractivity contribution >= 4 is 5.96 Å². The average molecular weight is 389 g/mol. The van der Waals surface area contributed by atoms with Crippen LogP contribution in [-0.4, -0.2) is 38.7 Å². The van der Waals surface area contributed by atoms with Crippen LogP contribution in [0.15, 0.2) is 65.7 Å². The summed E-state index contributed by atoms with van der Waals surface area (Å²) in [4.78, 5) is 7.29. The molecule has 1 fully saturated rings. The smallest absolute Gasteiger partial charge is 0.194 e. The minimum atomic E-state index is 0.539. The van der Waals surface area contributed by atoms with Crippen LogP contribution in [0.2, 0.25) is 0 Å². The summed E-state index contributed by atoms with van der Waals surface area (Å²) >= 11 is 0. The van der Waals surface area contributed by atoms with Crippen LogP contribution in [0, 0.1) is 6.92 Å². The standard InChI is InChI=1S/C23H28N6/c1-18-26-27-22(28(18)2)16-25-23(24-15-19-9-5-3-6-10-19)29-14-13-21(17-29)20-11-7-4-8-12-20/h3-12,21H,13-17H2,1-2H3,(H,24,25). The lowest BCUT2D eigenvalue weighted by Crippen LogP contribution is -2.40. The SMILES string of the molecule is Cc1nnc(CNC(=NCc2ccccc2)N2CCC(c3ccccc3)C2)n1C. The van der Waals surface area contributed by atoms with Gasteiger partial charge in [0.15, 0.2) is 11.8 Å². The van der Waals surface area contributed by atoms with Crippen molar-refractivity contribution in [2.24, 2.45) is 12.0 Å². The molecule has 1 aliphatic rings. The third-order valence-corrected chi connectivity index (χ3v) is 5.60. The van der Waals surface area contributed by atoms with Crippen molar-refractivity contribution in [3.8, 4) is 0 Å². The number of hydrogen-bond donors (Lipinski definition) is 1. The third kappa shape index (κ3) is 4.65. The van der Waals surface area contributed by atoms with E-state index in [4.69, 9.17) is 4.99 Å². The summed E-state index contributed by atoms with van der Waals surface area (Å²) in [6, 6.07) is 21.2. The van der Waals surface area contributed by atoms with Gasteiger partial charge < -0.3 is 14.8 Å². The Kier molecular flexibility index (Phi) is 5.89. The zero-order valence-electron chi connectivity index (χ0n) is 17.1. The fourth-order valence-electron chi connectivity index (χ4n) is 3.73. The minimum Gasteiger partial charge on any atom is -0.349 e. The Bertz CT molecular complexity index is 948. The fraction of sp³-hybridized carbons (Fsp3) is 0.348. The summed E-state index contributed by atoms with van der Waals surface area (Å²) in [5.74, 6) is 3.30. The highest BCUT2D eigenvalue weighted by molar-refractivity contribution is 5.80. The van der Waals surface area contributed by atoms with E-state index in [1.54, 1.807) is 0 Å². The van der Waals surface area contributed by atoms with Crippen molar-refractivity contribution < 1.29 is 0 Å². The molecule has 1 saturated heterocycles. The average Bonchev–Trinajstić information content (AvgIpc) is 3.38. The van der Waals surface area contributed by atoms with Gasteiger partial charge >= 0.3 is 0 Å². The molecular weight excluding hydrogens is 360 g/mol. The van der Waals surface area contributed by atoms with Gasteiger partial charge in [-0.15, -0.1) is 10.2 Å². The Balaban J connectivity index is 1.49. The topological polar surface area (TPSA) is 58.3 Å². The first kappa shape index (κ1) is 19.2. The monoisotopic (exact) mass is 388 g/mol. The van der Waals surface area contributed by atoms with E-state index >= 15 is 0 Å². The van der Waals surface area contributed by atoms with Crippen LogP contribution in [0.3, 0.4) is 0 Å². The molecule has 1 atom stereocenters. The molecule has 1 N–H and O–H groups in total. The highest BCUT2D eigenvalue weighted by atomic mass is 15.3. The lowest BCUT2D eigenvalue weighted by Gasteiger charge is -2.22. The van der Waals surface area contributed by atoms with E-state index < -0.39 is 0 Å². The second kappa shape index (κ2) is 8.90. The molecule has 1 aromatic heterocycles. The van der Waals surface area contributed by atoms with Gasteiger partial charge in [0, 0.05) is 26.1 Å². The van der Waals surface area contributed by atoms with Crippen LogP contribution in [0.4, 0.5) is 0 Å². The van der Waals surface area contributed by atoms with E-state index in [9.17, 15) is 0 Å². The van der Waals surface area contributed by atoms with Crippen LogP contribution in [-0.2, 0) is 20.1 Å². The van der Waals surface area contributed by atoms with Crippen LogP contribution in [0.25, 0.3) is 0 Å². The van der Waals surface area contributed by atoms with Crippen molar-refractivity contribution in [2.45, 2.75) is 32.4 Å². The number of likely N-dealkylation sites (tertiary alicyclic amines) is 1. The molecule has 1 aliphatic heterocycles. The summed E-state index contributed by atoms with van der Waals surface area (Å²) in [5.41, 5.74) is 2.61. The molecule has 0 amide bonds. The summed E-state index contributed by atoms with van der Waals surface area (Å²) in [6.07, 6.45) is 1.14. The van der Waals surface area contributed by atoms with Gasteiger partial charge in [-0.25, -0.2) is 4.99 Å². The first-order valence-corrected chi connectivity index (χ1v) is 10.2. The van der Waals surface area contributed by atoms with Crippen molar-refractivity contribution in [3.05, 3.63) is 83.4 Å². The molecular formula is C23H28N6. The largest absolute Gasteiger partial charge is 0.349 e. The van der Waals surface area contributed by atoms with Gasteiger partial charge in [-0.3, -0.25) is 0 Å². The molecule has 0 aliphatic carbocycles. The maximum Gasteiger partial charge on any atom is 0.194 e. The van der Waals surface area contributed by atoms with Crippen molar-refractivity contribution in [1.29, 1.82) is 0 Å². The Morgan fingerprint density at radius 2 is 1.79 bits per heavy atom. The molecule has 0 saturated carbocycles. The predicted octanol–water partition coefficient (Wildman–Crippen LogP) is 3.26. The lowest BCUT2D eigenvalue weighted by molar-refractivity contribution is 0.481. The van der Waals surface area contributed by atoms with Crippen LogP contribution in [0.5, 0.6) is 0 Å². The van der Waals surface area contributed by atoms with E-state index in [1.165, 1.54) is 11.1 Å². The maximum absolute atomic E-state index is 4.93. The Morgan fingerprint density at radius 3 is 2.48 bits per heavy atom.